The molecular weight excluding hydrogens is 436 g/mol. The van der Waals surface area contributed by atoms with Crippen LogP contribution in [-0.2, 0) is 26.3 Å². The number of amides is 2. The summed E-state index contributed by atoms with van der Waals surface area (Å²) in [4.78, 5) is 24.1. The number of halogens is 1. The molecule has 1 saturated heterocycles. The zero-order valence-corrected chi connectivity index (χ0v) is 17.7. The van der Waals surface area contributed by atoms with Gasteiger partial charge >= 0.3 is 6.09 Å². The third-order valence-corrected chi connectivity index (χ3v) is 5.61. The molecule has 0 radical (unpaired) electrons. The first-order valence-corrected chi connectivity index (χ1v) is 10.4. The Kier molecular flexibility index (Phi) is 7.66. The average Bonchev–Trinajstić information content (AvgIpc) is 2.76. The minimum atomic E-state index is -0.614. The van der Waals surface area contributed by atoms with E-state index in [9.17, 15) is 9.59 Å². The Morgan fingerprint density at radius 1 is 1.03 bits per heavy atom. The molecule has 0 aromatic heterocycles. The molecule has 7 heteroatoms. The van der Waals surface area contributed by atoms with E-state index in [2.05, 4.69) is 38.7 Å². The first-order valence-electron chi connectivity index (χ1n) is 9.62. The van der Waals surface area contributed by atoms with Crippen molar-refractivity contribution in [2.45, 2.75) is 24.9 Å². The molecule has 3 rings (SSSR count). The highest BCUT2D eigenvalue weighted by Crippen LogP contribution is 2.35. The van der Waals surface area contributed by atoms with Gasteiger partial charge in [-0.3, -0.25) is 4.79 Å². The van der Waals surface area contributed by atoms with E-state index in [1.807, 2.05) is 42.5 Å². The lowest BCUT2D eigenvalue weighted by Gasteiger charge is -2.38. The molecule has 0 unspecified atom stereocenters. The maximum absolute atomic E-state index is 12.3. The molecule has 0 atom stereocenters. The summed E-state index contributed by atoms with van der Waals surface area (Å²) in [6.45, 7) is 1.85. The van der Waals surface area contributed by atoms with Crippen LogP contribution < -0.4 is 10.6 Å². The molecule has 2 aromatic rings. The fraction of sp³-hybridized carbons (Fsp3) is 0.364. The van der Waals surface area contributed by atoms with Gasteiger partial charge in [0.25, 0.3) is 0 Å². The van der Waals surface area contributed by atoms with Crippen molar-refractivity contribution >= 4 is 27.9 Å². The fourth-order valence-corrected chi connectivity index (χ4v) is 3.80. The van der Waals surface area contributed by atoms with Crippen LogP contribution in [0.4, 0.5) is 4.79 Å². The summed E-state index contributed by atoms with van der Waals surface area (Å²) < 4.78 is 11.7. The lowest BCUT2D eigenvalue weighted by molar-refractivity contribution is -0.120. The third-order valence-electron chi connectivity index (χ3n) is 5.12. The zero-order valence-electron chi connectivity index (χ0n) is 16.2. The van der Waals surface area contributed by atoms with E-state index in [-0.39, 0.29) is 24.5 Å². The summed E-state index contributed by atoms with van der Waals surface area (Å²) in [5.41, 5.74) is 1.89. The Morgan fingerprint density at radius 2 is 1.79 bits per heavy atom. The Bertz CT molecular complexity index is 823. The van der Waals surface area contributed by atoms with Crippen LogP contribution in [0.25, 0.3) is 0 Å². The van der Waals surface area contributed by atoms with Crippen LogP contribution in [0.1, 0.15) is 24.0 Å². The molecule has 1 aliphatic rings. The molecular formula is C22H25BrN2O4. The standard InChI is InChI=1S/C22H25BrN2O4/c23-19-8-4-7-18(13-19)22(9-11-28-12-10-22)16-25-20(26)14-24-21(27)29-15-17-5-2-1-3-6-17/h1-8,13H,9-12,14-16H2,(H,24,27)(H,25,26). The van der Waals surface area contributed by atoms with Crippen molar-refractivity contribution in [3.8, 4) is 0 Å². The summed E-state index contributed by atoms with van der Waals surface area (Å²) in [5.74, 6) is -0.248. The Balaban J connectivity index is 1.48. The van der Waals surface area contributed by atoms with Gasteiger partial charge in [0.2, 0.25) is 5.91 Å². The number of nitrogens with one attached hydrogen (secondary N) is 2. The normalized spacial score (nSPS) is 15.3. The van der Waals surface area contributed by atoms with Gasteiger partial charge in [-0.25, -0.2) is 4.79 Å². The number of hydrogen-bond acceptors (Lipinski definition) is 4. The molecule has 0 saturated carbocycles. The monoisotopic (exact) mass is 460 g/mol. The summed E-state index contributed by atoms with van der Waals surface area (Å²) in [5, 5.41) is 5.46. The van der Waals surface area contributed by atoms with E-state index < -0.39 is 6.09 Å². The van der Waals surface area contributed by atoms with Gasteiger partial charge in [0.1, 0.15) is 6.61 Å². The largest absolute Gasteiger partial charge is 0.445 e. The van der Waals surface area contributed by atoms with Gasteiger partial charge in [-0.05, 0) is 36.1 Å². The summed E-state index contributed by atoms with van der Waals surface area (Å²) >= 11 is 3.53. The lowest BCUT2D eigenvalue weighted by atomic mass is 9.74. The molecule has 2 N–H and O–H groups in total. The Hall–Kier alpha value is -2.38. The molecule has 0 spiro atoms. The Labute approximate surface area is 179 Å². The highest BCUT2D eigenvalue weighted by atomic mass is 79.9. The molecule has 1 aliphatic heterocycles. The van der Waals surface area contributed by atoms with Crippen molar-refractivity contribution in [2.24, 2.45) is 0 Å². The molecule has 0 bridgehead atoms. The molecule has 1 heterocycles. The van der Waals surface area contributed by atoms with Crippen LogP contribution in [0.2, 0.25) is 0 Å². The minimum absolute atomic E-state index is 0.126. The first kappa shape index (κ1) is 21.3. The quantitative estimate of drug-likeness (QED) is 0.662. The number of alkyl carbamates (subject to hydrolysis) is 1. The van der Waals surface area contributed by atoms with Gasteiger partial charge in [-0.15, -0.1) is 0 Å². The maximum Gasteiger partial charge on any atom is 0.407 e. The van der Waals surface area contributed by atoms with Crippen LogP contribution >= 0.6 is 15.9 Å². The second-order valence-electron chi connectivity index (χ2n) is 7.10. The first-order chi connectivity index (χ1) is 14.1. The maximum atomic E-state index is 12.3. The van der Waals surface area contributed by atoms with Crippen molar-refractivity contribution < 1.29 is 19.1 Å². The van der Waals surface area contributed by atoms with Crippen LogP contribution in [0.5, 0.6) is 0 Å². The van der Waals surface area contributed by atoms with Gasteiger partial charge in [0.05, 0.1) is 6.54 Å². The van der Waals surface area contributed by atoms with E-state index >= 15 is 0 Å². The summed E-state index contributed by atoms with van der Waals surface area (Å²) in [6, 6.07) is 17.6. The highest BCUT2D eigenvalue weighted by Gasteiger charge is 2.35. The van der Waals surface area contributed by atoms with E-state index in [0.29, 0.717) is 19.8 Å². The molecule has 6 nitrogen and oxygen atoms in total. The lowest BCUT2D eigenvalue weighted by Crippen LogP contribution is -2.47. The number of carbonyl (C=O) groups excluding carboxylic acids is 2. The van der Waals surface area contributed by atoms with E-state index in [1.54, 1.807) is 0 Å². The summed E-state index contributed by atoms with van der Waals surface area (Å²) in [6.07, 6.45) is 1.05. The second-order valence-corrected chi connectivity index (χ2v) is 8.01. The van der Waals surface area contributed by atoms with Crippen LogP contribution in [0.3, 0.4) is 0 Å². The predicted molar refractivity (Wildman–Crippen MR) is 114 cm³/mol. The van der Waals surface area contributed by atoms with Crippen molar-refractivity contribution in [1.82, 2.24) is 10.6 Å². The van der Waals surface area contributed by atoms with Gasteiger partial charge in [0.15, 0.2) is 0 Å². The van der Waals surface area contributed by atoms with E-state index in [0.717, 1.165) is 22.9 Å². The minimum Gasteiger partial charge on any atom is -0.445 e. The SMILES string of the molecule is O=C(CNC(=O)OCc1ccccc1)NCC1(c2cccc(Br)c2)CCOCC1. The van der Waals surface area contributed by atoms with Crippen LogP contribution in [0.15, 0.2) is 59.1 Å². The number of rotatable bonds is 7. The molecule has 29 heavy (non-hydrogen) atoms. The van der Waals surface area contributed by atoms with Crippen molar-refractivity contribution in [1.29, 1.82) is 0 Å². The zero-order chi connectivity index (χ0) is 20.5. The number of hydrogen-bond donors (Lipinski definition) is 2. The molecule has 1 fully saturated rings. The molecule has 0 aliphatic carbocycles. The second kappa shape index (κ2) is 10.4. The topological polar surface area (TPSA) is 76.7 Å². The van der Waals surface area contributed by atoms with Gasteiger partial charge in [-0.2, -0.15) is 0 Å². The fourth-order valence-electron chi connectivity index (χ4n) is 3.40. The van der Waals surface area contributed by atoms with Crippen molar-refractivity contribution in [2.75, 3.05) is 26.3 Å². The number of ether oxygens (including phenoxy) is 2. The van der Waals surface area contributed by atoms with Gasteiger partial charge in [0, 0.05) is 29.6 Å². The van der Waals surface area contributed by atoms with E-state index in [1.165, 1.54) is 5.56 Å². The molecule has 154 valence electrons. The van der Waals surface area contributed by atoms with Gasteiger partial charge < -0.3 is 20.1 Å². The van der Waals surface area contributed by atoms with E-state index in [4.69, 9.17) is 9.47 Å². The molecule has 2 amide bonds. The number of carbonyl (C=O) groups is 2. The predicted octanol–water partition coefficient (Wildman–Crippen LogP) is 3.54. The summed E-state index contributed by atoms with van der Waals surface area (Å²) in [7, 11) is 0. The highest BCUT2D eigenvalue weighted by molar-refractivity contribution is 9.10. The number of benzene rings is 2. The smallest absolute Gasteiger partial charge is 0.407 e. The van der Waals surface area contributed by atoms with Crippen LogP contribution in [0, 0.1) is 0 Å². The van der Waals surface area contributed by atoms with Gasteiger partial charge in [-0.1, -0.05) is 58.4 Å². The Morgan fingerprint density at radius 3 is 2.52 bits per heavy atom. The van der Waals surface area contributed by atoms with Crippen molar-refractivity contribution in [3.63, 3.8) is 0 Å². The van der Waals surface area contributed by atoms with Crippen LogP contribution in [-0.4, -0.2) is 38.3 Å². The third kappa shape index (κ3) is 6.30. The average molecular weight is 461 g/mol. The molecule has 2 aromatic carbocycles. The van der Waals surface area contributed by atoms with Crippen molar-refractivity contribution in [3.05, 3.63) is 70.2 Å².